The lowest BCUT2D eigenvalue weighted by Crippen LogP contribution is -2.28. The molecule has 0 unspecified atom stereocenters. The summed E-state index contributed by atoms with van der Waals surface area (Å²) in [7, 11) is 0. The molecule has 7 heteroatoms. The second-order valence-corrected chi connectivity index (χ2v) is 7.60. The van der Waals surface area contributed by atoms with Gasteiger partial charge in [0.25, 0.3) is 11.8 Å². The maximum Gasteiger partial charge on any atom is 0.272 e. The second-order valence-electron chi connectivity index (χ2n) is 7.60. The van der Waals surface area contributed by atoms with Gasteiger partial charge in [-0.05, 0) is 49.9 Å². The lowest BCUT2D eigenvalue weighted by Gasteiger charge is -2.15. The summed E-state index contributed by atoms with van der Waals surface area (Å²) in [6.45, 7) is 6.03. The lowest BCUT2D eigenvalue weighted by molar-refractivity contribution is 0.0921. The highest BCUT2D eigenvalue weighted by Crippen LogP contribution is 2.23. The monoisotopic (exact) mass is 382 g/mol. The molecule has 0 radical (unpaired) electrons. The number of nitrogens with one attached hydrogen (secondary N) is 2. The SMILES string of the molecule is Cc1ccc(C(=O)NCCn2nc(C(=O)NC3CC3)c3c2CCOC3)cc1C. The van der Waals surface area contributed by atoms with E-state index in [1.807, 2.05) is 36.7 Å². The van der Waals surface area contributed by atoms with E-state index in [2.05, 4.69) is 15.7 Å². The zero-order chi connectivity index (χ0) is 19.7. The molecule has 2 N–H and O–H groups in total. The molecule has 2 aliphatic rings. The number of carbonyl (C=O) groups excluding carboxylic acids is 2. The number of fused-ring (bicyclic) bond motifs is 1. The quantitative estimate of drug-likeness (QED) is 0.799. The summed E-state index contributed by atoms with van der Waals surface area (Å²) in [6.07, 6.45) is 2.80. The Balaban J connectivity index is 1.42. The van der Waals surface area contributed by atoms with Crippen LogP contribution >= 0.6 is 0 Å². The van der Waals surface area contributed by atoms with Crippen molar-refractivity contribution in [3.05, 3.63) is 51.8 Å². The third-order valence-electron chi connectivity index (χ3n) is 5.40. The Kier molecular flexibility index (Phi) is 5.17. The van der Waals surface area contributed by atoms with E-state index in [4.69, 9.17) is 4.74 Å². The number of benzene rings is 1. The summed E-state index contributed by atoms with van der Waals surface area (Å²) >= 11 is 0. The van der Waals surface area contributed by atoms with Crippen LogP contribution in [0.3, 0.4) is 0 Å². The van der Waals surface area contributed by atoms with Crippen molar-refractivity contribution in [3.8, 4) is 0 Å². The van der Waals surface area contributed by atoms with Crippen molar-refractivity contribution in [3.63, 3.8) is 0 Å². The van der Waals surface area contributed by atoms with Crippen LogP contribution in [-0.4, -0.2) is 40.8 Å². The maximum absolute atomic E-state index is 12.5. The predicted molar refractivity (Wildman–Crippen MR) is 104 cm³/mol. The average molecular weight is 382 g/mol. The van der Waals surface area contributed by atoms with E-state index in [1.165, 1.54) is 5.56 Å². The topological polar surface area (TPSA) is 85.2 Å². The third-order valence-corrected chi connectivity index (χ3v) is 5.40. The molecule has 0 atom stereocenters. The number of hydrogen-bond donors (Lipinski definition) is 2. The Morgan fingerprint density at radius 2 is 2.04 bits per heavy atom. The first kappa shape index (κ1) is 18.7. The van der Waals surface area contributed by atoms with E-state index in [-0.39, 0.29) is 17.9 Å². The van der Waals surface area contributed by atoms with Crippen LogP contribution in [-0.2, 0) is 24.3 Å². The molecule has 4 rings (SSSR count). The maximum atomic E-state index is 12.5. The molecule has 0 saturated heterocycles. The van der Waals surface area contributed by atoms with E-state index in [0.29, 0.717) is 37.6 Å². The van der Waals surface area contributed by atoms with Gasteiger partial charge in [0.1, 0.15) is 0 Å². The number of amides is 2. The molecule has 0 spiro atoms. The molecule has 0 bridgehead atoms. The van der Waals surface area contributed by atoms with Crippen molar-refractivity contribution in [2.24, 2.45) is 0 Å². The smallest absolute Gasteiger partial charge is 0.272 e. The molecule has 148 valence electrons. The summed E-state index contributed by atoms with van der Waals surface area (Å²) in [6, 6.07) is 5.98. The van der Waals surface area contributed by atoms with Crippen molar-refractivity contribution < 1.29 is 14.3 Å². The highest BCUT2D eigenvalue weighted by Gasteiger charge is 2.29. The largest absolute Gasteiger partial charge is 0.376 e. The number of hydrogen-bond acceptors (Lipinski definition) is 4. The van der Waals surface area contributed by atoms with Gasteiger partial charge >= 0.3 is 0 Å². The minimum Gasteiger partial charge on any atom is -0.376 e. The van der Waals surface area contributed by atoms with Gasteiger partial charge in [0, 0.05) is 35.8 Å². The summed E-state index contributed by atoms with van der Waals surface area (Å²) in [5.74, 6) is -0.221. The van der Waals surface area contributed by atoms with Crippen molar-refractivity contribution in [2.45, 2.75) is 52.3 Å². The first-order chi connectivity index (χ1) is 13.5. The van der Waals surface area contributed by atoms with E-state index in [9.17, 15) is 9.59 Å². The van der Waals surface area contributed by atoms with Crippen LogP contribution in [0.15, 0.2) is 18.2 Å². The molecule has 28 heavy (non-hydrogen) atoms. The fraction of sp³-hybridized carbons (Fsp3) is 0.476. The van der Waals surface area contributed by atoms with Gasteiger partial charge in [0.2, 0.25) is 0 Å². The Hall–Kier alpha value is -2.67. The second kappa shape index (κ2) is 7.75. The standard InChI is InChI=1S/C21H26N4O3/c1-13-3-4-15(11-14(13)2)20(26)22-8-9-25-18-7-10-28-12-17(18)19(24-25)21(27)23-16-5-6-16/h3-4,11,16H,5-10,12H2,1-2H3,(H,22,26)(H,23,27). The normalized spacial score (nSPS) is 15.8. The van der Waals surface area contributed by atoms with Gasteiger partial charge in [-0.2, -0.15) is 5.10 Å². The van der Waals surface area contributed by atoms with Crippen molar-refractivity contribution in [1.29, 1.82) is 0 Å². The minimum absolute atomic E-state index is 0.0980. The molecule has 7 nitrogen and oxygen atoms in total. The summed E-state index contributed by atoms with van der Waals surface area (Å²) in [5.41, 5.74) is 5.29. The summed E-state index contributed by atoms with van der Waals surface area (Å²) in [5, 5.41) is 10.5. The molecule has 2 amide bonds. The number of ether oxygens (including phenoxy) is 1. The number of rotatable bonds is 6. The van der Waals surface area contributed by atoms with Crippen LogP contribution in [0, 0.1) is 13.8 Å². The van der Waals surface area contributed by atoms with Crippen LogP contribution in [0.4, 0.5) is 0 Å². The highest BCUT2D eigenvalue weighted by atomic mass is 16.5. The van der Waals surface area contributed by atoms with Gasteiger partial charge in [-0.3, -0.25) is 14.3 Å². The Morgan fingerprint density at radius 1 is 1.21 bits per heavy atom. The number of nitrogens with zero attached hydrogens (tertiary/aromatic N) is 2. The molecular formula is C21H26N4O3. The number of aromatic nitrogens is 2. The van der Waals surface area contributed by atoms with Crippen LogP contribution in [0.25, 0.3) is 0 Å². The molecule has 1 aromatic carbocycles. The molecule has 1 fully saturated rings. The lowest BCUT2D eigenvalue weighted by atomic mass is 10.1. The van der Waals surface area contributed by atoms with Crippen LogP contribution in [0.1, 0.15) is 56.1 Å². The van der Waals surface area contributed by atoms with Gasteiger partial charge < -0.3 is 15.4 Å². The van der Waals surface area contributed by atoms with E-state index >= 15 is 0 Å². The Bertz CT molecular complexity index is 915. The average Bonchev–Trinajstić information content (AvgIpc) is 3.43. The molecule has 1 saturated carbocycles. The molecule has 2 heterocycles. The number of carbonyl (C=O) groups is 2. The van der Waals surface area contributed by atoms with Crippen molar-refractivity contribution in [1.82, 2.24) is 20.4 Å². The van der Waals surface area contributed by atoms with E-state index in [0.717, 1.165) is 36.1 Å². The molecular weight excluding hydrogens is 356 g/mol. The van der Waals surface area contributed by atoms with Gasteiger partial charge in [0.05, 0.1) is 19.8 Å². The first-order valence-corrected chi connectivity index (χ1v) is 9.85. The molecule has 1 aromatic heterocycles. The molecule has 1 aliphatic carbocycles. The van der Waals surface area contributed by atoms with Gasteiger partial charge in [-0.15, -0.1) is 0 Å². The Morgan fingerprint density at radius 3 is 2.79 bits per heavy atom. The number of aryl methyl sites for hydroxylation is 2. The third kappa shape index (κ3) is 3.94. The molecule has 2 aromatic rings. The predicted octanol–water partition coefficient (Wildman–Crippen LogP) is 1.89. The van der Waals surface area contributed by atoms with E-state index in [1.54, 1.807) is 0 Å². The fourth-order valence-electron chi connectivity index (χ4n) is 3.42. The summed E-state index contributed by atoms with van der Waals surface area (Å²) < 4.78 is 7.39. The van der Waals surface area contributed by atoms with Crippen molar-refractivity contribution in [2.75, 3.05) is 13.2 Å². The fourth-order valence-corrected chi connectivity index (χ4v) is 3.42. The van der Waals surface area contributed by atoms with Crippen LogP contribution < -0.4 is 10.6 Å². The Labute approximate surface area is 164 Å². The van der Waals surface area contributed by atoms with E-state index < -0.39 is 0 Å². The zero-order valence-electron chi connectivity index (χ0n) is 16.4. The van der Waals surface area contributed by atoms with Gasteiger partial charge in [-0.25, -0.2) is 0 Å². The van der Waals surface area contributed by atoms with Gasteiger partial charge in [0.15, 0.2) is 5.69 Å². The summed E-state index contributed by atoms with van der Waals surface area (Å²) in [4.78, 5) is 24.9. The van der Waals surface area contributed by atoms with Crippen LogP contribution in [0.2, 0.25) is 0 Å². The van der Waals surface area contributed by atoms with Crippen molar-refractivity contribution >= 4 is 11.8 Å². The minimum atomic E-state index is -0.123. The molecule has 1 aliphatic heterocycles. The zero-order valence-corrected chi connectivity index (χ0v) is 16.4. The van der Waals surface area contributed by atoms with Gasteiger partial charge in [-0.1, -0.05) is 6.07 Å². The first-order valence-electron chi connectivity index (χ1n) is 9.85. The van der Waals surface area contributed by atoms with Crippen LogP contribution in [0.5, 0.6) is 0 Å². The highest BCUT2D eigenvalue weighted by molar-refractivity contribution is 5.95.